The van der Waals surface area contributed by atoms with E-state index in [1.807, 2.05) is 19.1 Å². The molecule has 0 fully saturated rings. The number of rotatable bonds is 7. The maximum atomic E-state index is 5.27. The van der Waals surface area contributed by atoms with E-state index in [2.05, 4.69) is 41.4 Å². The zero-order valence-electron chi connectivity index (χ0n) is 13.4. The number of hydrogen-bond donors (Lipinski definition) is 1. The molecule has 0 aliphatic heterocycles. The molecular weight excluding hydrogens is 262 g/mol. The standard InChI is InChI=1S/C17H25N3O/c1-13-11-16(18-9-5-6-10-20(2)3)15-8-7-14(21-4)12-17(15)19-13/h7-8,11-12H,5-6,9-10H2,1-4H3,(H,18,19). The number of nitrogens with one attached hydrogen (secondary N) is 1. The van der Waals surface area contributed by atoms with Gasteiger partial charge in [0.1, 0.15) is 5.75 Å². The fourth-order valence-electron chi connectivity index (χ4n) is 2.39. The maximum absolute atomic E-state index is 5.27. The molecule has 1 aromatic carbocycles. The topological polar surface area (TPSA) is 37.4 Å². The van der Waals surface area contributed by atoms with Gasteiger partial charge in [-0.3, -0.25) is 4.98 Å². The summed E-state index contributed by atoms with van der Waals surface area (Å²) in [6.45, 7) is 4.14. The van der Waals surface area contributed by atoms with Crippen LogP contribution in [0.25, 0.3) is 10.9 Å². The van der Waals surface area contributed by atoms with E-state index in [1.54, 1.807) is 7.11 Å². The Labute approximate surface area is 127 Å². The molecule has 21 heavy (non-hydrogen) atoms. The molecule has 0 saturated carbocycles. The number of unbranched alkanes of at least 4 members (excludes halogenated alkanes) is 1. The van der Waals surface area contributed by atoms with Crippen molar-refractivity contribution in [1.82, 2.24) is 9.88 Å². The Kier molecular flexibility index (Phi) is 5.39. The second-order valence-corrected chi connectivity index (χ2v) is 5.63. The minimum Gasteiger partial charge on any atom is -0.497 e. The number of methoxy groups -OCH3 is 1. The fourth-order valence-corrected chi connectivity index (χ4v) is 2.39. The third-order valence-corrected chi connectivity index (χ3v) is 3.49. The van der Waals surface area contributed by atoms with Crippen LogP contribution in [0.2, 0.25) is 0 Å². The highest BCUT2D eigenvalue weighted by atomic mass is 16.5. The van der Waals surface area contributed by atoms with Crippen LogP contribution in [0.4, 0.5) is 5.69 Å². The van der Waals surface area contributed by atoms with E-state index in [0.717, 1.165) is 47.5 Å². The van der Waals surface area contributed by atoms with Crippen LogP contribution in [0.5, 0.6) is 5.75 Å². The van der Waals surface area contributed by atoms with Gasteiger partial charge in [0.15, 0.2) is 0 Å². The Hall–Kier alpha value is -1.81. The molecule has 1 aromatic heterocycles. The predicted octanol–water partition coefficient (Wildman–Crippen LogP) is 3.31. The quantitative estimate of drug-likeness (QED) is 0.793. The van der Waals surface area contributed by atoms with Crippen LogP contribution >= 0.6 is 0 Å². The summed E-state index contributed by atoms with van der Waals surface area (Å²) in [4.78, 5) is 6.81. The highest BCUT2D eigenvalue weighted by molar-refractivity contribution is 5.92. The molecule has 0 amide bonds. The Bertz CT molecular complexity index is 596. The van der Waals surface area contributed by atoms with Gasteiger partial charge in [0.05, 0.1) is 12.6 Å². The monoisotopic (exact) mass is 287 g/mol. The van der Waals surface area contributed by atoms with Crippen molar-refractivity contribution in [2.45, 2.75) is 19.8 Å². The van der Waals surface area contributed by atoms with Crippen LogP contribution in [0.15, 0.2) is 24.3 Å². The number of anilines is 1. The number of aromatic nitrogens is 1. The first-order valence-corrected chi connectivity index (χ1v) is 7.44. The van der Waals surface area contributed by atoms with E-state index in [-0.39, 0.29) is 0 Å². The highest BCUT2D eigenvalue weighted by Crippen LogP contribution is 2.26. The van der Waals surface area contributed by atoms with E-state index in [1.165, 1.54) is 6.42 Å². The van der Waals surface area contributed by atoms with Crippen LogP contribution < -0.4 is 10.1 Å². The molecule has 2 rings (SSSR count). The molecule has 0 aliphatic carbocycles. The Balaban J connectivity index is 2.08. The number of fused-ring (bicyclic) bond motifs is 1. The van der Waals surface area contributed by atoms with Crippen molar-refractivity contribution in [2.24, 2.45) is 0 Å². The average Bonchev–Trinajstić information content (AvgIpc) is 2.45. The molecule has 0 bridgehead atoms. The van der Waals surface area contributed by atoms with Crippen molar-refractivity contribution in [3.05, 3.63) is 30.0 Å². The van der Waals surface area contributed by atoms with Crippen LogP contribution in [0.3, 0.4) is 0 Å². The van der Waals surface area contributed by atoms with Gasteiger partial charge in [-0.15, -0.1) is 0 Å². The van der Waals surface area contributed by atoms with Gasteiger partial charge in [0.2, 0.25) is 0 Å². The number of nitrogens with zero attached hydrogens (tertiary/aromatic N) is 2. The molecule has 114 valence electrons. The summed E-state index contributed by atoms with van der Waals surface area (Å²) in [5.74, 6) is 0.845. The van der Waals surface area contributed by atoms with Crippen LogP contribution in [-0.4, -0.2) is 44.2 Å². The number of pyridine rings is 1. The van der Waals surface area contributed by atoms with Gasteiger partial charge >= 0.3 is 0 Å². The minimum atomic E-state index is 0.845. The lowest BCUT2D eigenvalue weighted by Gasteiger charge is -2.13. The maximum Gasteiger partial charge on any atom is 0.121 e. The Morgan fingerprint density at radius 2 is 2.00 bits per heavy atom. The molecule has 0 radical (unpaired) electrons. The molecule has 0 spiro atoms. The van der Waals surface area contributed by atoms with Gasteiger partial charge in [-0.05, 0) is 58.6 Å². The van der Waals surface area contributed by atoms with Crippen molar-refractivity contribution in [1.29, 1.82) is 0 Å². The van der Waals surface area contributed by atoms with Gasteiger partial charge in [0.25, 0.3) is 0 Å². The first-order chi connectivity index (χ1) is 10.1. The lowest BCUT2D eigenvalue weighted by atomic mass is 10.1. The van der Waals surface area contributed by atoms with Gasteiger partial charge in [-0.1, -0.05) is 0 Å². The summed E-state index contributed by atoms with van der Waals surface area (Å²) >= 11 is 0. The molecule has 4 heteroatoms. The van der Waals surface area contributed by atoms with Crippen LogP contribution in [-0.2, 0) is 0 Å². The highest BCUT2D eigenvalue weighted by Gasteiger charge is 2.05. The third kappa shape index (κ3) is 4.33. The smallest absolute Gasteiger partial charge is 0.121 e. The molecule has 0 saturated heterocycles. The normalized spacial score (nSPS) is 11.1. The predicted molar refractivity (Wildman–Crippen MR) is 89.3 cm³/mol. The second kappa shape index (κ2) is 7.27. The Morgan fingerprint density at radius 1 is 1.19 bits per heavy atom. The minimum absolute atomic E-state index is 0.845. The van der Waals surface area contributed by atoms with Gasteiger partial charge < -0.3 is 15.0 Å². The summed E-state index contributed by atoms with van der Waals surface area (Å²) < 4.78 is 5.27. The summed E-state index contributed by atoms with van der Waals surface area (Å²) in [5, 5.41) is 4.69. The number of aryl methyl sites for hydroxylation is 1. The van der Waals surface area contributed by atoms with E-state index < -0.39 is 0 Å². The van der Waals surface area contributed by atoms with E-state index in [0.29, 0.717) is 0 Å². The van der Waals surface area contributed by atoms with Crippen molar-refractivity contribution in [2.75, 3.05) is 39.6 Å². The van der Waals surface area contributed by atoms with Crippen molar-refractivity contribution < 1.29 is 4.74 Å². The van der Waals surface area contributed by atoms with Crippen molar-refractivity contribution in [3.8, 4) is 5.75 Å². The third-order valence-electron chi connectivity index (χ3n) is 3.49. The number of hydrogen-bond acceptors (Lipinski definition) is 4. The summed E-state index contributed by atoms with van der Waals surface area (Å²) in [7, 11) is 5.90. The van der Waals surface area contributed by atoms with Crippen molar-refractivity contribution >= 4 is 16.6 Å². The van der Waals surface area contributed by atoms with E-state index >= 15 is 0 Å². The van der Waals surface area contributed by atoms with Gasteiger partial charge in [-0.25, -0.2) is 0 Å². The number of ether oxygens (including phenoxy) is 1. The van der Waals surface area contributed by atoms with Crippen LogP contribution in [0.1, 0.15) is 18.5 Å². The lowest BCUT2D eigenvalue weighted by molar-refractivity contribution is 0.396. The van der Waals surface area contributed by atoms with Gasteiger partial charge in [0, 0.05) is 29.4 Å². The first kappa shape index (κ1) is 15.6. The van der Waals surface area contributed by atoms with E-state index in [9.17, 15) is 0 Å². The lowest BCUT2D eigenvalue weighted by Crippen LogP contribution is -2.14. The zero-order chi connectivity index (χ0) is 15.2. The summed E-state index contributed by atoms with van der Waals surface area (Å²) in [5.41, 5.74) is 3.15. The summed E-state index contributed by atoms with van der Waals surface area (Å²) in [6.07, 6.45) is 2.37. The largest absolute Gasteiger partial charge is 0.497 e. The molecule has 0 unspecified atom stereocenters. The van der Waals surface area contributed by atoms with Gasteiger partial charge in [-0.2, -0.15) is 0 Å². The van der Waals surface area contributed by atoms with Crippen molar-refractivity contribution in [3.63, 3.8) is 0 Å². The molecule has 1 N–H and O–H groups in total. The molecule has 1 heterocycles. The van der Waals surface area contributed by atoms with Crippen LogP contribution in [0, 0.1) is 6.92 Å². The zero-order valence-corrected chi connectivity index (χ0v) is 13.4. The summed E-state index contributed by atoms with van der Waals surface area (Å²) in [6, 6.07) is 8.15. The fraction of sp³-hybridized carbons (Fsp3) is 0.471. The van der Waals surface area contributed by atoms with E-state index in [4.69, 9.17) is 4.74 Å². The molecule has 0 aliphatic rings. The molecular formula is C17H25N3O. The first-order valence-electron chi connectivity index (χ1n) is 7.44. The molecule has 0 atom stereocenters. The number of benzene rings is 1. The molecule has 4 nitrogen and oxygen atoms in total. The second-order valence-electron chi connectivity index (χ2n) is 5.63. The SMILES string of the molecule is COc1ccc2c(NCCCCN(C)C)cc(C)nc2c1. The Morgan fingerprint density at radius 3 is 2.71 bits per heavy atom. The average molecular weight is 287 g/mol. The molecule has 2 aromatic rings.